The van der Waals surface area contributed by atoms with E-state index in [4.69, 9.17) is 9.47 Å². The number of ether oxygens (including phenoxy) is 2. The third-order valence-electron chi connectivity index (χ3n) is 2.86. The van der Waals surface area contributed by atoms with E-state index in [1.165, 1.54) is 7.11 Å². The summed E-state index contributed by atoms with van der Waals surface area (Å²) in [4.78, 5) is 14.9. The molecule has 0 aliphatic heterocycles. The van der Waals surface area contributed by atoms with Crippen LogP contribution in [-0.2, 0) is 0 Å². The lowest BCUT2D eigenvalue weighted by atomic mass is 10.1. The summed E-state index contributed by atoms with van der Waals surface area (Å²) in [5.41, 5.74) is 1.33. The summed E-state index contributed by atoms with van der Waals surface area (Å²) in [5.74, 6) is 0.616. The van der Waals surface area contributed by atoms with Gasteiger partial charge in [0.2, 0.25) is 5.75 Å². The van der Waals surface area contributed by atoms with Crippen molar-refractivity contribution >= 4 is 16.6 Å². The fraction of sp³-hybridized carbons (Fsp3) is 0.267. The van der Waals surface area contributed by atoms with Gasteiger partial charge >= 0.3 is 0 Å². The van der Waals surface area contributed by atoms with Gasteiger partial charge in [-0.25, -0.2) is 0 Å². The molecule has 0 amide bonds. The Morgan fingerprint density at radius 1 is 1.40 bits per heavy atom. The van der Waals surface area contributed by atoms with Crippen LogP contribution in [0.25, 0.3) is 10.9 Å². The second-order valence-electron chi connectivity index (χ2n) is 4.21. The number of aromatic amines is 1. The van der Waals surface area contributed by atoms with Crippen molar-refractivity contribution in [1.29, 1.82) is 0 Å². The maximum Gasteiger partial charge on any atom is 0.294 e. The molecule has 1 aromatic heterocycles. The summed E-state index contributed by atoms with van der Waals surface area (Å²) in [6, 6.07) is 5.70. The van der Waals surface area contributed by atoms with Gasteiger partial charge in [0.05, 0.1) is 12.6 Å². The number of H-pyrrole nitrogens is 1. The molecule has 5 nitrogen and oxygen atoms in total. The van der Waals surface area contributed by atoms with Crippen LogP contribution in [-0.4, -0.2) is 25.2 Å². The van der Waals surface area contributed by atoms with Crippen molar-refractivity contribution in [3.8, 4) is 11.5 Å². The minimum absolute atomic E-state index is 0.177. The molecule has 0 radical (unpaired) electrons. The molecule has 20 heavy (non-hydrogen) atoms. The minimum Gasteiger partial charge on any atom is -0.492 e. The molecular weight excluding hydrogens is 256 g/mol. The molecule has 2 rings (SSSR count). The van der Waals surface area contributed by atoms with Gasteiger partial charge in [0, 0.05) is 17.6 Å². The molecule has 0 saturated carbocycles. The summed E-state index contributed by atoms with van der Waals surface area (Å²) >= 11 is 0. The molecule has 5 heteroatoms. The van der Waals surface area contributed by atoms with Gasteiger partial charge in [-0.15, -0.1) is 0 Å². The fourth-order valence-electron chi connectivity index (χ4n) is 2.04. The molecule has 1 aromatic carbocycles. The Morgan fingerprint density at radius 3 is 2.85 bits per heavy atom. The number of anilines is 1. The largest absolute Gasteiger partial charge is 0.492 e. The van der Waals surface area contributed by atoms with Gasteiger partial charge in [-0.1, -0.05) is 12.7 Å². The number of nitrogens with one attached hydrogen (secondary N) is 2. The van der Waals surface area contributed by atoms with E-state index in [-0.39, 0.29) is 17.9 Å². The third-order valence-corrected chi connectivity index (χ3v) is 2.86. The van der Waals surface area contributed by atoms with Crippen molar-refractivity contribution < 1.29 is 9.47 Å². The van der Waals surface area contributed by atoms with Crippen molar-refractivity contribution in [1.82, 2.24) is 4.98 Å². The highest BCUT2D eigenvalue weighted by molar-refractivity contribution is 5.89. The Balaban J connectivity index is 2.61. The van der Waals surface area contributed by atoms with Gasteiger partial charge < -0.3 is 19.8 Å². The van der Waals surface area contributed by atoms with E-state index < -0.39 is 0 Å². The van der Waals surface area contributed by atoms with Crippen molar-refractivity contribution in [2.75, 3.05) is 25.6 Å². The van der Waals surface area contributed by atoms with E-state index in [0.29, 0.717) is 11.3 Å². The molecule has 2 N–H and O–H groups in total. The first kappa shape index (κ1) is 14.0. The van der Waals surface area contributed by atoms with Gasteiger partial charge in [0.15, 0.2) is 5.75 Å². The first-order valence-electron chi connectivity index (χ1n) is 6.42. The Kier molecular flexibility index (Phi) is 4.30. The summed E-state index contributed by atoms with van der Waals surface area (Å²) in [6.07, 6.45) is 1.58. The quantitative estimate of drug-likeness (QED) is 0.795. The van der Waals surface area contributed by atoms with E-state index in [2.05, 4.69) is 16.9 Å². The molecule has 1 heterocycles. The van der Waals surface area contributed by atoms with E-state index in [1.807, 2.05) is 25.1 Å². The third kappa shape index (κ3) is 2.61. The maximum absolute atomic E-state index is 12.1. The van der Waals surface area contributed by atoms with Crippen LogP contribution in [0, 0.1) is 0 Å². The molecule has 0 saturated heterocycles. The molecule has 0 aliphatic carbocycles. The van der Waals surface area contributed by atoms with Gasteiger partial charge in [0.1, 0.15) is 6.61 Å². The van der Waals surface area contributed by atoms with Crippen LogP contribution < -0.4 is 20.3 Å². The molecule has 0 atom stereocenters. The van der Waals surface area contributed by atoms with Gasteiger partial charge in [-0.05, 0) is 25.1 Å². The van der Waals surface area contributed by atoms with Gasteiger partial charge in [-0.3, -0.25) is 4.79 Å². The number of pyridine rings is 1. The highest BCUT2D eigenvalue weighted by atomic mass is 16.5. The van der Waals surface area contributed by atoms with E-state index in [0.717, 1.165) is 17.6 Å². The monoisotopic (exact) mass is 274 g/mol. The second kappa shape index (κ2) is 6.14. The zero-order valence-corrected chi connectivity index (χ0v) is 11.7. The first-order chi connectivity index (χ1) is 9.71. The van der Waals surface area contributed by atoms with Crippen LogP contribution in [0.4, 0.5) is 5.69 Å². The van der Waals surface area contributed by atoms with E-state index in [9.17, 15) is 4.79 Å². The first-order valence-corrected chi connectivity index (χ1v) is 6.42. The lowest BCUT2D eigenvalue weighted by Gasteiger charge is -2.12. The summed E-state index contributed by atoms with van der Waals surface area (Å²) in [7, 11) is 1.52. The fourth-order valence-corrected chi connectivity index (χ4v) is 2.04. The van der Waals surface area contributed by atoms with E-state index in [1.54, 1.807) is 6.08 Å². The summed E-state index contributed by atoms with van der Waals surface area (Å²) < 4.78 is 10.7. The number of rotatable bonds is 6. The smallest absolute Gasteiger partial charge is 0.294 e. The number of aromatic nitrogens is 1. The Morgan fingerprint density at radius 2 is 2.20 bits per heavy atom. The van der Waals surface area contributed by atoms with Crippen LogP contribution in [0.2, 0.25) is 0 Å². The van der Waals surface area contributed by atoms with Crippen molar-refractivity contribution in [2.24, 2.45) is 0 Å². The minimum atomic E-state index is -0.315. The summed E-state index contributed by atoms with van der Waals surface area (Å²) in [6.45, 7) is 6.65. The SMILES string of the molecule is C=CCOc1c(OC)c2ccc(NCC)cc2[nH]c1=O. The zero-order chi connectivity index (χ0) is 14.5. The van der Waals surface area contributed by atoms with Crippen LogP contribution in [0.1, 0.15) is 6.92 Å². The molecule has 0 spiro atoms. The molecule has 0 fully saturated rings. The average molecular weight is 274 g/mol. The number of hydrogen-bond donors (Lipinski definition) is 2. The van der Waals surface area contributed by atoms with Crippen LogP contribution in [0.15, 0.2) is 35.6 Å². The Hall–Kier alpha value is -2.43. The highest BCUT2D eigenvalue weighted by Crippen LogP contribution is 2.32. The predicted octanol–water partition coefficient (Wildman–Crippen LogP) is 2.53. The van der Waals surface area contributed by atoms with Crippen molar-refractivity contribution in [2.45, 2.75) is 6.92 Å². The molecular formula is C15H18N2O3. The van der Waals surface area contributed by atoms with Crippen LogP contribution in [0.5, 0.6) is 11.5 Å². The van der Waals surface area contributed by atoms with Crippen LogP contribution >= 0.6 is 0 Å². The standard InChI is InChI=1S/C15H18N2O3/c1-4-8-20-14-13(19-3)11-7-6-10(16-5-2)9-12(11)17-15(14)18/h4,6-7,9,16H,1,5,8H2,2-3H3,(H,17,18). The predicted molar refractivity (Wildman–Crippen MR) is 81.0 cm³/mol. The van der Waals surface area contributed by atoms with Crippen molar-refractivity contribution in [3.63, 3.8) is 0 Å². The molecule has 0 bridgehead atoms. The molecule has 0 unspecified atom stereocenters. The van der Waals surface area contributed by atoms with Gasteiger partial charge in [-0.2, -0.15) is 0 Å². The highest BCUT2D eigenvalue weighted by Gasteiger charge is 2.14. The maximum atomic E-state index is 12.1. The number of hydrogen-bond acceptors (Lipinski definition) is 4. The lowest BCUT2D eigenvalue weighted by molar-refractivity contribution is 0.324. The topological polar surface area (TPSA) is 63.4 Å². The summed E-state index contributed by atoms with van der Waals surface area (Å²) in [5, 5.41) is 4.00. The van der Waals surface area contributed by atoms with E-state index >= 15 is 0 Å². The second-order valence-corrected chi connectivity index (χ2v) is 4.21. The Labute approximate surface area is 117 Å². The lowest BCUT2D eigenvalue weighted by Crippen LogP contribution is -2.13. The zero-order valence-electron chi connectivity index (χ0n) is 11.7. The molecule has 0 aliphatic rings. The van der Waals surface area contributed by atoms with Gasteiger partial charge in [0.25, 0.3) is 5.56 Å². The molecule has 106 valence electrons. The number of fused-ring (bicyclic) bond motifs is 1. The number of benzene rings is 1. The van der Waals surface area contributed by atoms with Crippen LogP contribution in [0.3, 0.4) is 0 Å². The Bertz CT molecular complexity index is 677. The normalized spacial score (nSPS) is 10.3. The van der Waals surface area contributed by atoms with Crippen molar-refractivity contribution in [3.05, 3.63) is 41.2 Å². The average Bonchev–Trinajstić information content (AvgIpc) is 2.44. The number of methoxy groups -OCH3 is 1. The molecule has 2 aromatic rings.